The zero-order chi connectivity index (χ0) is 55.0. The normalized spacial score (nSPS) is 13.4. The van der Waals surface area contributed by atoms with Gasteiger partial charge in [0.15, 0.2) is 12.0 Å². The summed E-state index contributed by atoms with van der Waals surface area (Å²) >= 11 is 1.66. The van der Waals surface area contributed by atoms with Crippen molar-refractivity contribution in [1.29, 1.82) is 0 Å². The minimum Gasteiger partial charge on any atom is -0.491 e. The second-order valence-electron chi connectivity index (χ2n) is 22.9. The van der Waals surface area contributed by atoms with Gasteiger partial charge in [0.05, 0.1) is 58.4 Å². The van der Waals surface area contributed by atoms with Crippen LogP contribution in [-0.2, 0) is 19.4 Å². The fourth-order valence-electron chi connectivity index (χ4n) is 9.42. The summed E-state index contributed by atoms with van der Waals surface area (Å²) in [6, 6.07) is 4.56. The van der Waals surface area contributed by atoms with E-state index < -0.39 is 0 Å². The number of aliphatic imine (C=N–C) groups is 1. The summed E-state index contributed by atoms with van der Waals surface area (Å²) in [6.07, 6.45) is 5.48. The van der Waals surface area contributed by atoms with E-state index in [1.165, 1.54) is 44.5 Å². The van der Waals surface area contributed by atoms with Crippen molar-refractivity contribution in [2.75, 3.05) is 13.2 Å². The molecule has 1 aromatic carbocycles. The Labute approximate surface area is 451 Å². The van der Waals surface area contributed by atoms with Gasteiger partial charge in [-0.3, -0.25) is 4.99 Å². The average molecular weight is 1040 g/mol. The molecule has 0 amide bonds. The first-order chi connectivity index (χ1) is 35.5. The van der Waals surface area contributed by atoms with E-state index in [9.17, 15) is 0 Å². The second-order valence-corrected chi connectivity index (χ2v) is 23.8. The second kappa shape index (κ2) is 25.8. The maximum Gasteiger partial charge on any atom is 0.182 e. The first kappa shape index (κ1) is 58.4. The van der Waals surface area contributed by atoms with E-state index in [0.29, 0.717) is 59.2 Å². The molecule has 7 aromatic rings. The third-order valence-electron chi connectivity index (χ3n) is 13.5. The molecule has 404 valence electrons. The summed E-state index contributed by atoms with van der Waals surface area (Å²) in [5.74, 6) is 6.20. The van der Waals surface area contributed by atoms with Gasteiger partial charge in [0.2, 0.25) is 0 Å². The minimum atomic E-state index is 0.300. The SMILES string of the molecule is CC(C)c1ccc(C(C)C)c2c1C=NC2.CC(C)c1nnc(C(C)C)c2c1CCO2.CC(C)c1nnc(C(C)C)c2c1CCO2.CC(C)c1nnc(C(C)C)c2ocnc12.CC(C)c1nnc(C(C)C)c2scnc12. The number of fused-ring (bicyclic) bond motifs is 5. The van der Waals surface area contributed by atoms with Crippen LogP contribution in [0.5, 0.6) is 11.5 Å². The van der Waals surface area contributed by atoms with Crippen LogP contribution in [0.3, 0.4) is 0 Å². The van der Waals surface area contributed by atoms with Crippen molar-refractivity contribution in [3.8, 4) is 11.5 Å². The average Bonchev–Trinajstić information content (AvgIpc) is 4.22. The first-order valence-corrected chi connectivity index (χ1v) is 28.3. The molecule has 0 spiro atoms. The zero-order valence-electron chi connectivity index (χ0n) is 48.7. The fraction of sp³-hybridized carbons (Fsp3) is 0.583. The molecule has 0 aliphatic carbocycles. The Morgan fingerprint density at radius 2 is 0.827 bits per heavy atom. The van der Waals surface area contributed by atoms with Crippen LogP contribution in [0.15, 0.2) is 33.4 Å². The molecule has 0 saturated carbocycles. The molecule has 0 unspecified atom stereocenters. The van der Waals surface area contributed by atoms with Crippen molar-refractivity contribution in [3.63, 3.8) is 0 Å². The highest BCUT2D eigenvalue weighted by Gasteiger charge is 2.27. The number of aromatic nitrogens is 10. The number of nitrogens with zero attached hydrogens (tertiary/aromatic N) is 11. The van der Waals surface area contributed by atoms with Gasteiger partial charge in [-0.25, -0.2) is 9.97 Å². The summed E-state index contributed by atoms with van der Waals surface area (Å²) in [6.45, 7) is 45.4. The largest absolute Gasteiger partial charge is 0.491 e. The number of benzene rings is 1. The Morgan fingerprint density at radius 3 is 1.29 bits per heavy atom. The summed E-state index contributed by atoms with van der Waals surface area (Å²) in [5.41, 5.74) is 20.9. The molecule has 14 nitrogen and oxygen atoms in total. The quantitative estimate of drug-likeness (QED) is 0.127. The number of hydrogen-bond donors (Lipinski definition) is 0. The number of oxazole rings is 1. The van der Waals surface area contributed by atoms with Crippen LogP contribution < -0.4 is 9.47 Å². The Hall–Kier alpha value is -5.83. The van der Waals surface area contributed by atoms with Gasteiger partial charge in [-0.1, -0.05) is 151 Å². The highest BCUT2D eigenvalue weighted by atomic mass is 32.1. The van der Waals surface area contributed by atoms with Crippen molar-refractivity contribution in [3.05, 3.63) is 103 Å². The van der Waals surface area contributed by atoms with Gasteiger partial charge in [0.1, 0.15) is 39.6 Å². The zero-order valence-corrected chi connectivity index (χ0v) is 49.6. The van der Waals surface area contributed by atoms with E-state index in [-0.39, 0.29) is 0 Å². The molecule has 0 bridgehead atoms. The van der Waals surface area contributed by atoms with Crippen molar-refractivity contribution >= 4 is 38.9 Å². The summed E-state index contributed by atoms with van der Waals surface area (Å²) in [5, 5.41) is 34.3. The van der Waals surface area contributed by atoms with E-state index in [4.69, 9.17) is 13.9 Å². The van der Waals surface area contributed by atoms with Gasteiger partial charge in [-0.2, -0.15) is 40.8 Å². The molecule has 6 aromatic heterocycles. The van der Waals surface area contributed by atoms with Crippen molar-refractivity contribution in [2.24, 2.45) is 4.99 Å². The Bertz CT molecular complexity index is 2690. The lowest BCUT2D eigenvalue weighted by molar-refractivity contribution is 0.349. The van der Waals surface area contributed by atoms with Crippen LogP contribution in [0.4, 0.5) is 0 Å². The molecule has 15 heteroatoms. The molecule has 75 heavy (non-hydrogen) atoms. The van der Waals surface area contributed by atoms with Crippen LogP contribution in [0.25, 0.3) is 21.3 Å². The highest BCUT2D eigenvalue weighted by Crippen LogP contribution is 2.38. The minimum absolute atomic E-state index is 0.300. The summed E-state index contributed by atoms with van der Waals surface area (Å²) < 4.78 is 17.9. The first-order valence-electron chi connectivity index (χ1n) is 27.4. The van der Waals surface area contributed by atoms with E-state index in [0.717, 1.165) is 106 Å². The van der Waals surface area contributed by atoms with Gasteiger partial charge in [-0.05, 0) is 58.1 Å². The van der Waals surface area contributed by atoms with Gasteiger partial charge < -0.3 is 13.9 Å². The molecule has 0 atom stereocenters. The third kappa shape index (κ3) is 13.4. The van der Waals surface area contributed by atoms with Crippen LogP contribution in [0, 0.1) is 0 Å². The lowest BCUT2D eigenvalue weighted by atomic mass is 9.88. The van der Waals surface area contributed by atoms with Crippen LogP contribution in [-0.4, -0.2) is 70.2 Å². The van der Waals surface area contributed by atoms with Gasteiger partial charge in [0, 0.05) is 53.5 Å². The van der Waals surface area contributed by atoms with E-state index >= 15 is 0 Å². The van der Waals surface area contributed by atoms with Crippen LogP contribution >= 0.6 is 11.3 Å². The lowest BCUT2D eigenvalue weighted by Gasteiger charge is -2.16. The maximum absolute atomic E-state index is 5.68. The van der Waals surface area contributed by atoms with E-state index in [1.54, 1.807) is 11.3 Å². The highest BCUT2D eigenvalue weighted by molar-refractivity contribution is 7.16. The predicted molar refractivity (Wildman–Crippen MR) is 306 cm³/mol. The molecule has 10 rings (SSSR count). The number of hydrogen-bond acceptors (Lipinski definition) is 15. The molecule has 3 aliphatic heterocycles. The molecular weight excluding hydrogens is 955 g/mol. The number of rotatable bonds is 10. The van der Waals surface area contributed by atoms with E-state index in [2.05, 4.69) is 213 Å². The van der Waals surface area contributed by atoms with Crippen molar-refractivity contribution < 1.29 is 13.9 Å². The Kier molecular flexibility index (Phi) is 20.1. The molecular formula is C60H85N11O3S. The van der Waals surface area contributed by atoms with Crippen LogP contribution in [0.2, 0.25) is 0 Å². The number of ether oxygens (including phenoxy) is 2. The molecule has 3 aliphatic rings. The predicted octanol–water partition coefficient (Wildman–Crippen LogP) is 15.4. The molecule has 0 radical (unpaired) electrons. The monoisotopic (exact) mass is 1040 g/mol. The third-order valence-corrected chi connectivity index (χ3v) is 14.3. The molecule has 0 N–H and O–H groups in total. The molecule has 9 heterocycles. The van der Waals surface area contributed by atoms with Crippen LogP contribution in [0.1, 0.15) is 277 Å². The lowest BCUT2D eigenvalue weighted by Crippen LogP contribution is -2.05. The van der Waals surface area contributed by atoms with Gasteiger partial charge >= 0.3 is 0 Å². The van der Waals surface area contributed by atoms with Gasteiger partial charge in [0.25, 0.3) is 0 Å². The van der Waals surface area contributed by atoms with Crippen molar-refractivity contribution in [2.45, 2.75) is 217 Å². The molecule has 0 saturated heterocycles. The Morgan fingerprint density at radius 1 is 0.413 bits per heavy atom. The topological polar surface area (TPSA) is 173 Å². The van der Waals surface area contributed by atoms with E-state index in [1.807, 2.05) is 5.51 Å². The van der Waals surface area contributed by atoms with Crippen molar-refractivity contribution in [1.82, 2.24) is 50.8 Å². The molecule has 0 fully saturated rings. The number of thiazole rings is 1. The Balaban J connectivity index is 0.000000152. The maximum atomic E-state index is 5.68. The summed E-state index contributed by atoms with van der Waals surface area (Å²) in [7, 11) is 0. The van der Waals surface area contributed by atoms with Gasteiger partial charge in [-0.15, -0.1) is 11.3 Å². The standard InChI is InChI=1S/C14H19N.2C12H18N2O.C11H15N3O.C11H15N3S/c1-9(2)11-5-6-12(10(3)4)14-8-15-7-13(11)14;2*1-7(2)10-9-5-6-15-12(9)11(8(3)4)14-13-10;2*1-6(2)8-10-11(15-5-12-10)9(7(3)4)14-13-8/h5-7,9-10H,8H2,1-4H3;2*7-8H,5-6H2,1-4H3;2*5-7H,1-4H3. The summed E-state index contributed by atoms with van der Waals surface area (Å²) in [4.78, 5) is 13.0. The fourth-order valence-corrected chi connectivity index (χ4v) is 10.4. The smallest absolute Gasteiger partial charge is 0.182 e.